The standard InChI is InChI=1S/C19H19F4N3O.ClH/c20-15-4-6-17(7-5-15)26-10-8-25(9-11-26)13-18(27)24-16-3-1-2-14(12-16)19(21,22)23;/h1-7,12H,8-11,13H2,(H,24,27);1H. The highest BCUT2D eigenvalue weighted by molar-refractivity contribution is 5.92. The van der Waals surface area contributed by atoms with Gasteiger partial charge in [-0.1, -0.05) is 6.07 Å². The zero-order valence-corrected chi connectivity index (χ0v) is 15.7. The van der Waals surface area contributed by atoms with Crippen LogP contribution in [0.2, 0.25) is 0 Å². The summed E-state index contributed by atoms with van der Waals surface area (Å²) in [4.78, 5) is 16.2. The molecule has 0 aromatic heterocycles. The number of carbonyl (C=O) groups excluding carboxylic acids is 1. The van der Waals surface area contributed by atoms with Crippen molar-refractivity contribution in [2.24, 2.45) is 0 Å². The molecule has 0 radical (unpaired) electrons. The SMILES string of the molecule is Cl.O=C(CN1CCN(c2ccc(F)cc2)CC1)Nc1cccc(C(F)(F)F)c1. The molecule has 0 spiro atoms. The van der Waals surface area contributed by atoms with Crippen molar-refractivity contribution in [1.82, 2.24) is 4.90 Å². The van der Waals surface area contributed by atoms with Crippen molar-refractivity contribution in [2.45, 2.75) is 6.18 Å². The minimum absolute atomic E-state index is 0. The smallest absolute Gasteiger partial charge is 0.369 e. The number of hydrogen-bond acceptors (Lipinski definition) is 3. The van der Waals surface area contributed by atoms with Crippen LogP contribution in [-0.4, -0.2) is 43.5 Å². The molecular weight excluding hydrogens is 398 g/mol. The zero-order valence-electron chi connectivity index (χ0n) is 14.9. The first-order valence-electron chi connectivity index (χ1n) is 8.51. The molecule has 1 N–H and O–H groups in total. The van der Waals surface area contributed by atoms with Crippen LogP contribution >= 0.6 is 12.4 Å². The molecule has 1 heterocycles. The fraction of sp³-hybridized carbons (Fsp3) is 0.316. The average molecular weight is 418 g/mol. The molecule has 2 aromatic rings. The fourth-order valence-corrected chi connectivity index (χ4v) is 2.99. The molecule has 1 aliphatic rings. The molecule has 2 aromatic carbocycles. The van der Waals surface area contributed by atoms with Gasteiger partial charge in [0.2, 0.25) is 5.91 Å². The first-order valence-corrected chi connectivity index (χ1v) is 8.51. The van der Waals surface area contributed by atoms with E-state index in [0.29, 0.717) is 26.2 Å². The van der Waals surface area contributed by atoms with E-state index in [9.17, 15) is 22.4 Å². The highest BCUT2D eigenvalue weighted by Crippen LogP contribution is 2.30. The number of alkyl halides is 3. The second kappa shape index (κ2) is 9.25. The van der Waals surface area contributed by atoms with E-state index >= 15 is 0 Å². The summed E-state index contributed by atoms with van der Waals surface area (Å²) >= 11 is 0. The van der Waals surface area contributed by atoms with Crippen LogP contribution in [-0.2, 0) is 11.0 Å². The zero-order chi connectivity index (χ0) is 19.4. The molecule has 3 rings (SSSR count). The summed E-state index contributed by atoms with van der Waals surface area (Å²) in [7, 11) is 0. The Balaban J connectivity index is 0.00000280. The molecule has 28 heavy (non-hydrogen) atoms. The maximum atomic E-state index is 13.0. The molecule has 0 atom stereocenters. The van der Waals surface area contributed by atoms with Crippen molar-refractivity contribution in [1.29, 1.82) is 0 Å². The minimum Gasteiger partial charge on any atom is -0.369 e. The molecule has 1 fully saturated rings. The van der Waals surface area contributed by atoms with Crippen LogP contribution in [0.1, 0.15) is 5.56 Å². The quantitative estimate of drug-likeness (QED) is 0.763. The molecule has 152 valence electrons. The highest BCUT2D eigenvalue weighted by Gasteiger charge is 2.30. The molecule has 1 amide bonds. The van der Waals surface area contributed by atoms with Gasteiger partial charge in [-0.05, 0) is 42.5 Å². The number of rotatable bonds is 4. The van der Waals surface area contributed by atoms with E-state index in [1.54, 1.807) is 12.1 Å². The summed E-state index contributed by atoms with van der Waals surface area (Å²) in [6.45, 7) is 2.74. The molecule has 0 aliphatic carbocycles. The molecule has 0 bridgehead atoms. The summed E-state index contributed by atoms with van der Waals surface area (Å²) < 4.78 is 51.2. The normalized spacial score (nSPS) is 15.1. The monoisotopic (exact) mass is 417 g/mol. The van der Waals surface area contributed by atoms with Crippen LogP contribution in [0.3, 0.4) is 0 Å². The van der Waals surface area contributed by atoms with Gasteiger partial charge in [-0.2, -0.15) is 13.2 Å². The average Bonchev–Trinajstić information content (AvgIpc) is 2.62. The molecular formula is C19H20ClF4N3O. The van der Waals surface area contributed by atoms with E-state index in [2.05, 4.69) is 10.2 Å². The molecule has 1 aliphatic heterocycles. The Kier molecular flexibility index (Phi) is 7.26. The van der Waals surface area contributed by atoms with Gasteiger partial charge < -0.3 is 10.2 Å². The first-order chi connectivity index (χ1) is 12.8. The Morgan fingerprint density at radius 2 is 1.64 bits per heavy atom. The van der Waals surface area contributed by atoms with Crippen LogP contribution < -0.4 is 10.2 Å². The number of nitrogens with zero attached hydrogens (tertiary/aromatic N) is 2. The van der Waals surface area contributed by atoms with Gasteiger partial charge in [0.1, 0.15) is 5.82 Å². The second-order valence-electron chi connectivity index (χ2n) is 6.37. The third kappa shape index (κ3) is 5.84. The maximum Gasteiger partial charge on any atom is 0.416 e. The van der Waals surface area contributed by atoms with Crippen LogP contribution in [0.4, 0.5) is 28.9 Å². The maximum absolute atomic E-state index is 13.0. The number of amides is 1. The lowest BCUT2D eigenvalue weighted by atomic mass is 10.2. The number of piperazine rings is 1. The Morgan fingerprint density at radius 3 is 2.25 bits per heavy atom. The molecule has 0 saturated carbocycles. The largest absolute Gasteiger partial charge is 0.416 e. The minimum atomic E-state index is -4.45. The Morgan fingerprint density at radius 1 is 1.00 bits per heavy atom. The Bertz CT molecular complexity index is 791. The van der Waals surface area contributed by atoms with Crippen LogP contribution in [0.5, 0.6) is 0 Å². The van der Waals surface area contributed by atoms with Gasteiger partial charge in [0.25, 0.3) is 0 Å². The summed E-state index contributed by atoms with van der Waals surface area (Å²) in [6, 6.07) is 10.8. The van der Waals surface area contributed by atoms with Gasteiger partial charge in [-0.15, -0.1) is 12.4 Å². The second-order valence-corrected chi connectivity index (χ2v) is 6.37. The van der Waals surface area contributed by atoms with Crippen molar-refractivity contribution in [3.63, 3.8) is 0 Å². The van der Waals surface area contributed by atoms with E-state index in [1.165, 1.54) is 24.3 Å². The highest BCUT2D eigenvalue weighted by atomic mass is 35.5. The van der Waals surface area contributed by atoms with E-state index in [0.717, 1.165) is 17.8 Å². The van der Waals surface area contributed by atoms with Gasteiger partial charge in [0.15, 0.2) is 0 Å². The third-order valence-electron chi connectivity index (χ3n) is 4.40. The lowest BCUT2D eigenvalue weighted by Crippen LogP contribution is -2.48. The van der Waals surface area contributed by atoms with Gasteiger partial charge in [0.05, 0.1) is 12.1 Å². The van der Waals surface area contributed by atoms with Crippen molar-refractivity contribution < 1.29 is 22.4 Å². The summed E-state index contributed by atoms with van der Waals surface area (Å²) in [5, 5.41) is 2.51. The molecule has 0 unspecified atom stereocenters. The third-order valence-corrected chi connectivity index (χ3v) is 4.40. The van der Waals surface area contributed by atoms with Gasteiger partial charge in [-0.25, -0.2) is 4.39 Å². The van der Waals surface area contributed by atoms with Gasteiger partial charge in [0, 0.05) is 37.6 Å². The Hall–Kier alpha value is -2.32. The van der Waals surface area contributed by atoms with E-state index < -0.39 is 11.7 Å². The van der Waals surface area contributed by atoms with Crippen molar-refractivity contribution in [3.8, 4) is 0 Å². The van der Waals surface area contributed by atoms with E-state index in [1.807, 2.05) is 4.90 Å². The van der Waals surface area contributed by atoms with Crippen molar-refractivity contribution >= 4 is 29.7 Å². The van der Waals surface area contributed by atoms with Crippen LogP contribution in [0.15, 0.2) is 48.5 Å². The number of nitrogens with one attached hydrogen (secondary N) is 1. The van der Waals surface area contributed by atoms with Gasteiger partial charge >= 0.3 is 6.18 Å². The lowest BCUT2D eigenvalue weighted by molar-refractivity contribution is -0.137. The predicted octanol–water partition coefficient (Wildman–Crippen LogP) is 4.03. The van der Waals surface area contributed by atoms with Crippen LogP contribution in [0.25, 0.3) is 0 Å². The topological polar surface area (TPSA) is 35.6 Å². The number of benzene rings is 2. The number of halogens is 5. The summed E-state index contributed by atoms with van der Waals surface area (Å²) in [5.41, 5.74) is 0.248. The van der Waals surface area contributed by atoms with Crippen molar-refractivity contribution in [3.05, 3.63) is 59.9 Å². The predicted molar refractivity (Wildman–Crippen MR) is 102 cm³/mol. The summed E-state index contributed by atoms with van der Waals surface area (Å²) in [5.74, 6) is -0.645. The first kappa shape index (κ1) is 22.0. The van der Waals surface area contributed by atoms with Gasteiger partial charge in [-0.3, -0.25) is 9.69 Å². The molecule has 1 saturated heterocycles. The Labute approximate surface area is 166 Å². The molecule has 9 heteroatoms. The van der Waals surface area contributed by atoms with Crippen molar-refractivity contribution in [2.75, 3.05) is 42.9 Å². The summed E-state index contributed by atoms with van der Waals surface area (Å²) in [6.07, 6.45) is -4.45. The van der Waals surface area contributed by atoms with Crippen LogP contribution in [0, 0.1) is 5.82 Å². The number of hydrogen-bond donors (Lipinski definition) is 1. The number of carbonyl (C=O) groups is 1. The fourth-order valence-electron chi connectivity index (χ4n) is 2.99. The van der Waals surface area contributed by atoms with E-state index in [-0.39, 0.29) is 36.4 Å². The van der Waals surface area contributed by atoms with E-state index in [4.69, 9.17) is 0 Å². The lowest BCUT2D eigenvalue weighted by Gasteiger charge is -2.35. The molecule has 4 nitrogen and oxygen atoms in total. The number of anilines is 2.